The fraction of sp³-hybridized carbons (Fsp3) is 0.269. The molecule has 10 heteroatoms. The minimum absolute atomic E-state index is 0.0719. The maximum Gasteiger partial charge on any atom is 0.251 e. The van der Waals surface area contributed by atoms with Crippen LogP contribution in [0.2, 0.25) is 0 Å². The van der Waals surface area contributed by atoms with Crippen LogP contribution >= 0.6 is 0 Å². The highest BCUT2D eigenvalue weighted by molar-refractivity contribution is 5.95. The van der Waals surface area contributed by atoms with Crippen LogP contribution in [0.4, 0.5) is 5.82 Å². The zero-order valence-corrected chi connectivity index (χ0v) is 19.9. The number of hydrazone groups is 1. The highest BCUT2D eigenvalue weighted by Crippen LogP contribution is 2.21. The predicted octanol–water partition coefficient (Wildman–Crippen LogP) is 2.71. The van der Waals surface area contributed by atoms with Gasteiger partial charge in [-0.15, -0.1) is 0 Å². The number of benzene rings is 2. The number of rotatable bonds is 9. The summed E-state index contributed by atoms with van der Waals surface area (Å²) in [5.74, 6) is 0.490. The van der Waals surface area contributed by atoms with E-state index in [9.17, 15) is 4.79 Å². The van der Waals surface area contributed by atoms with E-state index in [1.165, 1.54) is 6.33 Å². The molecule has 0 aliphatic carbocycles. The number of nitrogens with zero attached hydrogens (tertiary/aromatic N) is 6. The van der Waals surface area contributed by atoms with Crippen LogP contribution in [0, 0.1) is 0 Å². The van der Waals surface area contributed by atoms with Crippen LogP contribution in [-0.4, -0.2) is 76.2 Å². The van der Waals surface area contributed by atoms with Gasteiger partial charge in [-0.05, 0) is 42.8 Å². The minimum Gasteiger partial charge on any atom is -0.379 e. The van der Waals surface area contributed by atoms with Crippen molar-refractivity contribution in [3.8, 4) is 5.69 Å². The Morgan fingerprint density at radius 2 is 1.86 bits per heavy atom. The fourth-order valence-electron chi connectivity index (χ4n) is 4.01. The summed E-state index contributed by atoms with van der Waals surface area (Å²) in [5, 5.41) is 12.5. The molecule has 0 spiro atoms. The Kier molecular flexibility index (Phi) is 7.55. The van der Waals surface area contributed by atoms with Crippen molar-refractivity contribution < 1.29 is 9.53 Å². The second kappa shape index (κ2) is 11.5. The Morgan fingerprint density at radius 3 is 2.67 bits per heavy atom. The van der Waals surface area contributed by atoms with Gasteiger partial charge in [0.1, 0.15) is 6.33 Å². The SMILES string of the molecule is O=C(NCCCN1CCOCC1)c1ccc(/C=N/Nc2ncnc3c2cnn3-c2ccccc2)cc1. The van der Waals surface area contributed by atoms with E-state index in [2.05, 4.69) is 35.8 Å². The number of nitrogens with one attached hydrogen (secondary N) is 2. The lowest BCUT2D eigenvalue weighted by molar-refractivity contribution is 0.0374. The summed E-state index contributed by atoms with van der Waals surface area (Å²) in [6.45, 7) is 5.13. The Bertz CT molecular complexity index is 1320. The number of aromatic nitrogens is 4. The highest BCUT2D eigenvalue weighted by Gasteiger charge is 2.11. The average molecular weight is 485 g/mol. The van der Waals surface area contributed by atoms with E-state index in [1.54, 1.807) is 29.2 Å². The van der Waals surface area contributed by atoms with E-state index >= 15 is 0 Å². The van der Waals surface area contributed by atoms with E-state index in [4.69, 9.17) is 4.74 Å². The van der Waals surface area contributed by atoms with Crippen molar-refractivity contribution in [2.75, 3.05) is 44.8 Å². The number of fused-ring (bicyclic) bond motifs is 1. The van der Waals surface area contributed by atoms with E-state index in [-0.39, 0.29) is 5.91 Å². The maximum absolute atomic E-state index is 12.4. The highest BCUT2D eigenvalue weighted by atomic mass is 16.5. The van der Waals surface area contributed by atoms with Gasteiger partial charge in [0.15, 0.2) is 11.5 Å². The molecule has 36 heavy (non-hydrogen) atoms. The molecule has 2 aromatic heterocycles. The number of carbonyl (C=O) groups is 1. The molecule has 184 valence electrons. The van der Waals surface area contributed by atoms with Gasteiger partial charge in [0.25, 0.3) is 5.91 Å². The van der Waals surface area contributed by atoms with Crippen LogP contribution in [0.15, 0.2) is 72.2 Å². The standard InChI is InChI=1S/C26H28N8O2/c35-26(27-11-4-12-33-13-15-36-16-14-33)21-9-7-20(8-10-21)17-30-32-24-23-18-31-34(25(23)29-19-28-24)22-5-2-1-3-6-22/h1-3,5-10,17-19H,4,11-16H2,(H,27,35)(H,28,29,32)/b30-17+. The van der Waals surface area contributed by atoms with Crippen molar-refractivity contribution in [2.24, 2.45) is 5.10 Å². The molecule has 1 aliphatic rings. The van der Waals surface area contributed by atoms with Crippen molar-refractivity contribution in [2.45, 2.75) is 6.42 Å². The maximum atomic E-state index is 12.4. The number of morpholine rings is 1. The van der Waals surface area contributed by atoms with Crippen LogP contribution in [0.25, 0.3) is 16.7 Å². The Morgan fingerprint density at radius 1 is 1.06 bits per heavy atom. The molecule has 0 bridgehead atoms. The fourth-order valence-corrected chi connectivity index (χ4v) is 4.01. The first kappa shape index (κ1) is 23.6. The number of ether oxygens (including phenoxy) is 1. The minimum atomic E-state index is -0.0719. The van der Waals surface area contributed by atoms with E-state index in [0.717, 1.165) is 55.9 Å². The summed E-state index contributed by atoms with van der Waals surface area (Å²) in [4.78, 5) is 23.5. The van der Waals surface area contributed by atoms with Gasteiger partial charge in [0.2, 0.25) is 0 Å². The molecule has 1 saturated heterocycles. The van der Waals surface area contributed by atoms with Gasteiger partial charge in [-0.25, -0.2) is 14.6 Å². The molecule has 3 heterocycles. The zero-order valence-electron chi connectivity index (χ0n) is 19.9. The van der Waals surface area contributed by atoms with Gasteiger partial charge < -0.3 is 10.1 Å². The van der Waals surface area contributed by atoms with E-state index < -0.39 is 0 Å². The summed E-state index contributed by atoms with van der Waals surface area (Å²) >= 11 is 0. The third-order valence-corrected chi connectivity index (χ3v) is 5.96. The van der Waals surface area contributed by atoms with Crippen molar-refractivity contribution in [3.05, 3.63) is 78.2 Å². The Balaban J connectivity index is 1.14. The Hall–Kier alpha value is -4.15. The average Bonchev–Trinajstić information content (AvgIpc) is 3.38. The van der Waals surface area contributed by atoms with Gasteiger partial charge in [0, 0.05) is 25.2 Å². The van der Waals surface area contributed by atoms with Crippen molar-refractivity contribution in [3.63, 3.8) is 0 Å². The zero-order chi connectivity index (χ0) is 24.6. The molecule has 2 aromatic carbocycles. The molecule has 1 aliphatic heterocycles. The third kappa shape index (κ3) is 5.73. The monoisotopic (exact) mass is 484 g/mol. The van der Waals surface area contributed by atoms with E-state index in [1.807, 2.05) is 42.5 Å². The van der Waals surface area contributed by atoms with Crippen molar-refractivity contribution >= 4 is 29.0 Å². The predicted molar refractivity (Wildman–Crippen MR) is 139 cm³/mol. The number of para-hydroxylation sites is 1. The lowest BCUT2D eigenvalue weighted by Crippen LogP contribution is -2.38. The van der Waals surface area contributed by atoms with Crippen LogP contribution in [0.1, 0.15) is 22.3 Å². The molecule has 5 rings (SSSR count). The first-order chi connectivity index (χ1) is 17.8. The van der Waals surface area contributed by atoms with Crippen LogP contribution in [-0.2, 0) is 4.74 Å². The van der Waals surface area contributed by atoms with Gasteiger partial charge in [0.05, 0.1) is 36.7 Å². The summed E-state index contributed by atoms with van der Waals surface area (Å²) in [7, 11) is 0. The lowest BCUT2D eigenvalue weighted by Gasteiger charge is -2.26. The number of hydrogen-bond acceptors (Lipinski definition) is 8. The molecule has 2 N–H and O–H groups in total. The largest absolute Gasteiger partial charge is 0.379 e. The van der Waals surface area contributed by atoms with Crippen molar-refractivity contribution in [1.29, 1.82) is 0 Å². The summed E-state index contributed by atoms with van der Waals surface area (Å²) in [6, 6.07) is 17.1. The molecular weight excluding hydrogens is 456 g/mol. The van der Waals surface area contributed by atoms with Gasteiger partial charge >= 0.3 is 0 Å². The summed E-state index contributed by atoms with van der Waals surface area (Å²) in [5.41, 5.74) is 6.06. The first-order valence-corrected chi connectivity index (χ1v) is 12.0. The normalized spacial score (nSPS) is 14.3. The number of hydrogen-bond donors (Lipinski definition) is 2. The van der Waals surface area contributed by atoms with E-state index in [0.29, 0.717) is 23.6 Å². The smallest absolute Gasteiger partial charge is 0.251 e. The van der Waals surface area contributed by atoms with Gasteiger partial charge in [-0.1, -0.05) is 30.3 Å². The first-order valence-electron chi connectivity index (χ1n) is 12.0. The molecule has 1 fully saturated rings. The van der Waals surface area contributed by atoms with Gasteiger partial charge in [-0.3, -0.25) is 15.1 Å². The molecule has 4 aromatic rings. The second-order valence-electron chi connectivity index (χ2n) is 8.41. The molecule has 1 amide bonds. The topological polar surface area (TPSA) is 110 Å². The molecule has 0 saturated carbocycles. The molecule has 10 nitrogen and oxygen atoms in total. The molecule has 0 unspecified atom stereocenters. The molecule has 0 radical (unpaired) electrons. The number of anilines is 1. The summed E-state index contributed by atoms with van der Waals surface area (Å²) < 4.78 is 7.12. The Labute approximate surface area is 209 Å². The summed E-state index contributed by atoms with van der Waals surface area (Å²) in [6.07, 6.45) is 5.80. The second-order valence-corrected chi connectivity index (χ2v) is 8.41. The third-order valence-electron chi connectivity index (χ3n) is 5.96. The number of carbonyl (C=O) groups excluding carboxylic acids is 1. The lowest BCUT2D eigenvalue weighted by atomic mass is 10.1. The van der Waals surface area contributed by atoms with Crippen LogP contribution in [0.5, 0.6) is 0 Å². The number of amides is 1. The molecular formula is C26H28N8O2. The quantitative estimate of drug-likeness (QED) is 0.214. The molecule has 0 atom stereocenters. The van der Waals surface area contributed by atoms with Crippen LogP contribution in [0.3, 0.4) is 0 Å². The van der Waals surface area contributed by atoms with Crippen molar-refractivity contribution in [1.82, 2.24) is 30.0 Å². The van der Waals surface area contributed by atoms with Crippen LogP contribution < -0.4 is 10.7 Å². The van der Waals surface area contributed by atoms with Gasteiger partial charge in [-0.2, -0.15) is 10.2 Å².